The molecule has 0 aliphatic carbocycles. The number of nitrogens with zero attached hydrogens (tertiary/aromatic N) is 1. The Labute approximate surface area is 109 Å². The molecule has 1 heterocycles. The van der Waals surface area contributed by atoms with E-state index >= 15 is 0 Å². The summed E-state index contributed by atoms with van der Waals surface area (Å²) >= 11 is 0. The topological polar surface area (TPSA) is 24.9 Å². The van der Waals surface area contributed by atoms with Crippen molar-refractivity contribution >= 4 is 0 Å². The maximum absolute atomic E-state index is 4.48. The van der Waals surface area contributed by atoms with Crippen molar-refractivity contribution in [2.24, 2.45) is 0 Å². The Morgan fingerprint density at radius 3 is 2.56 bits per heavy atom. The molecule has 94 valence electrons. The molecule has 1 aromatic carbocycles. The molecule has 0 unspecified atom stereocenters. The van der Waals surface area contributed by atoms with Gasteiger partial charge in [0.1, 0.15) is 0 Å². The molecule has 18 heavy (non-hydrogen) atoms. The zero-order valence-electron chi connectivity index (χ0n) is 11.3. The van der Waals surface area contributed by atoms with Gasteiger partial charge in [-0.25, -0.2) is 0 Å². The molecule has 1 aromatic heterocycles. The lowest BCUT2D eigenvalue weighted by atomic mass is 10.1. The highest BCUT2D eigenvalue weighted by Gasteiger charge is 1.99. The number of aryl methyl sites for hydroxylation is 3. The van der Waals surface area contributed by atoms with E-state index in [4.69, 9.17) is 0 Å². The Kier molecular flexibility index (Phi) is 4.11. The van der Waals surface area contributed by atoms with Gasteiger partial charge in [0.2, 0.25) is 0 Å². The second-order valence-electron chi connectivity index (χ2n) is 4.80. The molecular formula is C16H20N2. The molecule has 2 heteroatoms. The van der Waals surface area contributed by atoms with Crippen LogP contribution in [0.15, 0.2) is 36.4 Å². The van der Waals surface area contributed by atoms with Crippen molar-refractivity contribution in [2.45, 2.75) is 33.9 Å². The van der Waals surface area contributed by atoms with Gasteiger partial charge in [-0.15, -0.1) is 0 Å². The van der Waals surface area contributed by atoms with Crippen LogP contribution in [0.5, 0.6) is 0 Å². The molecule has 0 bridgehead atoms. The fraction of sp³-hybridized carbons (Fsp3) is 0.312. The highest BCUT2D eigenvalue weighted by atomic mass is 14.9. The zero-order chi connectivity index (χ0) is 13.0. The van der Waals surface area contributed by atoms with Gasteiger partial charge in [0, 0.05) is 18.8 Å². The Morgan fingerprint density at radius 1 is 1.00 bits per heavy atom. The van der Waals surface area contributed by atoms with Crippen LogP contribution in [0.4, 0.5) is 0 Å². The number of nitrogens with one attached hydrogen (secondary N) is 1. The second kappa shape index (κ2) is 5.78. The molecule has 0 radical (unpaired) electrons. The standard InChI is InChI=1S/C16H20N2/c1-12-7-8-15(13(2)9-12)10-17-11-16-6-4-5-14(3)18-16/h4-9,17H,10-11H2,1-3H3. The Hall–Kier alpha value is -1.67. The molecule has 0 spiro atoms. The third-order valence-electron chi connectivity index (χ3n) is 3.07. The molecular weight excluding hydrogens is 220 g/mol. The summed E-state index contributed by atoms with van der Waals surface area (Å²) in [6.45, 7) is 8.01. The van der Waals surface area contributed by atoms with E-state index in [9.17, 15) is 0 Å². The molecule has 2 nitrogen and oxygen atoms in total. The summed E-state index contributed by atoms with van der Waals surface area (Å²) in [7, 11) is 0. The van der Waals surface area contributed by atoms with Gasteiger partial charge in [-0.1, -0.05) is 29.8 Å². The molecule has 0 aliphatic rings. The van der Waals surface area contributed by atoms with Crippen LogP contribution in [0.1, 0.15) is 28.1 Å². The highest BCUT2D eigenvalue weighted by molar-refractivity contribution is 5.30. The largest absolute Gasteiger partial charge is 0.307 e. The summed E-state index contributed by atoms with van der Waals surface area (Å²) in [5.74, 6) is 0. The van der Waals surface area contributed by atoms with E-state index in [0.29, 0.717) is 0 Å². The van der Waals surface area contributed by atoms with Crippen molar-refractivity contribution in [3.8, 4) is 0 Å². The van der Waals surface area contributed by atoms with E-state index in [1.54, 1.807) is 0 Å². The third kappa shape index (κ3) is 3.41. The first kappa shape index (κ1) is 12.8. The quantitative estimate of drug-likeness (QED) is 0.887. The van der Waals surface area contributed by atoms with Gasteiger partial charge in [0.05, 0.1) is 5.69 Å². The molecule has 0 atom stereocenters. The summed E-state index contributed by atoms with van der Waals surface area (Å²) < 4.78 is 0. The molecule has 2 aromatic rings. The van der Waals surface area contributed by atoms with Crippen LogP contribution in [0, 0.1) is 20.8 Å². The monoisotopic (exact) mass is 240 g/mol. The summed E-state index contributed by atoms with van der Waals surface area (Å²) in [6.07, 6.45) is 0. The zero-order valence-corrected chi connectivity index (χ0v) is 11.3. The van der Waals surface area contributed by atoms with Crippen molar-refractivity contribution in [3.63, 3.8) is 0 Å². The first-order valence-electron chi connectivity index (χ1n) is 6.34. The fourth-order valence-corrected chi connectivity index (χ4v) is 2.07. The molecule has 0 amide bonds. The van der Waals surface area contributed by atoms with E-state index in [2.05, 4.69) is 54.5 Å². The van der Waals surface area contributed by atoms with Gasteiger partial charge < -0.3 is 5.32 Å². The van der Waals surface area contributed by atoms with E-state index in [1.807, 2.05) is 13.0 Å². The van der Waals surface area contributed by atoms with Crippen molar-refractivity contribution in [1.82, 2.24) is 10.3 Å². The van der Waals surface area contributed by atoms with Crippen LogP contribution in [-0.4, -0.2) is 4.98 Å². The molecule has 0 saturated carbocycles. The molecule has 0 saturated heterocycles. The predicted molar refractivity (Wildman–Crippen MR) is 75.4 cm³/mol. The van der Waals surface area contributed by atoms with Gasteiger partial charge in [0.25, 0.3) is 0 Å². The normalized spacial score (nSPS) is 10.6. The van der Waals surface area contributed by atoms with E-state index < -0.39 is 0 Å². The first-order chi connectivity index (χ1) is 8.65. The second-order valence-corrected chi connectivity index (χ2v) is 4.80. The summed E-state index contributed by atoms with van der Waals surface area (Å²) in [4.78, 5) is 4.48. The third-order valence-corrected chi connectivity index (χ3v) is 3.07. The van der Waals surface area contributed by atoms with Crippen molar-refractivity contribution in [1.29, 1.82) is 0 Å². The maximum Gasteiger partial charge on any atom is 0.0544 e. The van der Waals surface area contributed by atoms with E-state index in [0.717, 1.165) is 24.5 Å². The predicted octanol–water partition coefficient (Wildman–Crippen LogP) is 3.30. The van der Waals surface area contributed by atoms with E-state index in [1.165, 1.54) is 16.7 Å². The molecule has 0 fully saturated rings. The van der Waals surface area contributed by atoms with Gasteiger partial charge >= 0.3 is 0 Å². The van der Waals surface area contributed by atoms with Gasteiger partial charge in [0.15, 0.2) is 0 Å². The van der Waals surface area contributed by atoms with Gasteiger partial charge in [-0.3, -0.25) is 4.98 Å². The Bertz CT molecular complexity index is 532. The maximum atomic E-state index is 4.48. The lowest BCUT2D eigenvalue weighted by Crippen LogP contribution is -2.14. The van der Waals surface area contributed by atoms with Crippen LogP contribution in [-0.2, 0) is 13.1 Å². The van der Waals surface area contributed by atoms with Crippen molar-refractivity contribution < 1.29 is 0 Å². The van der Waals surface area contributed by atoms with Crippen LogP contribution >= 0.6 is 0 Å². The minimum Gasteiger partial charge on any atom is -0.307 e. The lowest BCUT2D eigenvalue weighted by molar-refractivity contribution is 0.675. The smallest absolute Gasteiger partial charge is 0.0544 e. The summed E-state index contributed by atoms with van der Waals surface area (Å²) in [5, 5.41) is 3.44. The minimum atomic E-state index is 0.814. The average molecular weight is 240 g/mol. The molecule has 1 N–H and O–H groups in total. The van der Waals surface area contributed by atoms with Gasteiger partial charge in [-0.2, -0.15) is 0 Å². The van der Waals surface area contributed by atoms with Crippen LogP contribution in [0.2, 0.25) is 0 Å². The SMILES string of the molecule is Cc1ccc(CNCc2cccc(C)n2)c(C)c1. The summed E-state index contributed by atoms with van der Waals surface area (Å²) in [5.41, 5.74) is 6.19. The number of benzene rings is 1. The number of rotatable bonds is 4. The fourth-order valence-electron chi connectivity index (χ4n) is 2.07. The summed E-state index contributed by atoms with van der Waals surface area (Å²) in [6, 6.07) is 12.7. The molecule has 2 rings (SSSR count). The number of hydrogen-bond donors (Lipinski definition) is 1. The van der Waals surface area contributed by atoms with Crippen LogP contribution in [0.3, 0.4) is 0 Å². The van der Waals surface area contributed by atoms with Gasteiger partial charge in [-0.05, 0) is 44.0 Å². The number of pyridine rings is 1. The lowest BCUT2D eigenvalue weighted by Gasteiger charge is -2.08. The minimum absolute atomic E-state index is 0.814. The number of hydrogen-bond acceptors (Lipinski definition) is 2. The average Bonchev–Trinajstić information content (AvgIpc) is 2.32. The van der Waals surface area contributed by atoms with Crippen molar-refractivity contribution in [3.05, 3.63) is 64.5 Å². The van der Waals surface area contributed by atoms with E-state index in [-0.39, 0.29) is 0 Å². The van der Waals surface area contributed by atoms with Crippen molar-refractivity contribution in [2.75, 3.05) is 0 Å². The van der Waals surface area contributed by atoms with Crippen LogP contribution < -0.4 is 5.32 Å². The Morgan fingerprint density at radius 2 is 1.83 bits per heavy atom. The Balaban J connectivity index is 1.92. The van der Waals surface area contributed by atoms with Crippen LogP contribution in [0.25, 0.3) is 0 Å². The highest BCUT2D eigenvalue weighted by Crippen LogP contribution is 2.10. The first-order valence-corrected chi connectivity index (χ1v) is 6.34. The molecule has 0 aliphatic heterocycles. The number of aromatic nitrogens is 1.